The SMILES string of the molecule is CCCC(C)(NC(=O)c1cccc(Cl)c1F)C(=O)OC. The Morgan fingerprint density at radius 1 is 1.45 bits per heavy atom. The van der Waals surface area contributed by atoms with Crippen LogP contribution < -0.4 is 5.32 Å². The summed E-state index contributed by atoms with van der Waals surface area (Å²) in [4.78, 5) is 23.9. The van der Waals surface area contributed by atoms with E-state index >= 15 is 0 Å². The second kappa shape index (κ2) is 6.70. The van der Waals surface area contributed by atoms with Crippen molar-refractivity contribution in [2.75, 3.05) is 7.11 Å². The van der Waals surface area contributed by atoms with Gasteiger partial charge in [0.2, 0.25) is 0 Å². The third-order valence-corrected chi connectivity index (χ3v) is 3.26. The molecule has 1 unspecified atom stereocenters. The number of hydrogen-bond donors (Lipinski definition) is 1. The number of ether oxygens (including phenoxy) is 1. The van der Waals surface area contributed by atoms with E-state index in [1.165, 1.54) is 25.3 Å². The Kier molecular flexibility index (Phi) is 5.51. The predicted molar refractivity (Wildman–Crippen MR) is 74.2 cm³/mol. The fourth-order valence-corrected chi connectivity index (χ4v) is 2.11. The molecule has 0 spiro atoms. The number of rotatable bonds is 5. The number of carbonyl (C=O) groups is 2. The van der Waals surface area contributed by atoms with E-state index in [1.54, 1.807) is 6.92 Å². The number of amides is 1. The molecule has 1 N–H and O–H groups in total. The van der Waals surface area contributed by atoms with Crippen LogP contribution in [0, 0.1) is 5.82 Å². The molecule has 0 aromatic heterocycles. The number of carbonyl (C=O) groups excluding carboxylic acids is 2. The molecular formula is C14H17ClFNO3. The van der Waals surface area contributed by atoms with Gasteiger partial charge in [0.15, 0.2) is 5.82 Å². The van der Waals surface area contributed by atoms with Crippen LogP contribution in [-0.2, 0) is 9.53 Å². The van der Waals surface area contributed by atoms with E-state index in [0.717, 1.165) is 0 Å². The summed E-state index contributed by atoms with van der Waals surface area (Å²) in [6.45, 7) is 3.41. The Balaban J connectivity index is 3.03. The van der Waals surface area contributed by atoms with Crippen molar-refractivity contribution in [3.8, 4) is 0 Å². The monoisotopic (exact) mass is 301 g/mol. The standard InChI is InChI=1S/C14H17ClFNO3/c1-4-8-14(2,13(19)20-3)17-12(18)9-6-5-7-10(15)11(9)16/h5-7H,4,8H2,1-3H3,(H,17,18). The van der Waals surface area contributed by atoms with Gasteiger partial charge in [-0.1, -0.05) is 31.0 Å². The lowest BCUT2D eigenvalue weighted by Gasteiger charge is -2.27. The lowest BCUT2D eigenvalue weighted by Crippen LogP contribution is -2.52. The molecule has 0 radical (unpaired) electrons. The Labute approximate surface area is 122 Å². The Hall–Kier alpha value is -1.62. The number of esters is 1. The molecule has 0 aliphatic carbocycles. The second-order valence-electron chi connectivity index (χ2n) is 4.63. The molecule has 20 heavy (non-hydrogen) atoms. The maximum Gasteiger partial charge on any atom is 0.331 e. The van der Waals surface area contributed by atoms with Gasteiger partial charge in [-0.2, -0.15) is 0 Å². The summed E-state index contributed by atoms with van der Waals surface area (Å²) in [6, 6.07) is 4.12. The zero-order valence-electron chi connectivity index (χ0n) is 11.6. The summed E-state index contributed by atoms with van der Waals surface area (Å²) in [5.41, 5.74) is -1.40. The van der Waals surface area contributed by atoms with Gasteiger partial charge in [-0.15, -0.1) is 0 Å². The molecule has 0 fully saturated rings. The first-order valence-electron chi connectivity index (χ1n) is 6.20. The summed E-state index contributed by atoms with van der Waals surface area (Å²) < 4.78 is 18.5. The van der Waals surface area contributed by atoms with E-state index in [1.807, 2.05) is 6.92 Å². The van der Waals surface area contributed by atoms with Gasteiger partial charge in [-0.3, -0.25) is 4.79 Å². The van der Waals surface area contributed by atoms with E-state index in [2.05, 4.69) is 10.1 Å². The van der Waals surface area contributed by atoms with Crippen molar-refractivity contribution in [1.29, 1.82) is 0 Å². The lowest BCUT2D eigenvalue weighted by molar-refractivity contribution is -0.147. The minimum Gasteiger partial charge on any atom is -0.467 e. The van der Waals surface area contributed by atoms with Crippen molar-refractivity contribution >= 4 is 23.5 Å². The number of nitrogens with one attached hydrogen (secondary N) is 1. The first-order valence-corrected chi connectivity index (χ1v) is 6.58. The topological polar surface area (TPSA) is 55.4 Å². The molecule has 1 aromatic carbocycles. The molecule has 4 nitrogen and oxygen atoms in total. The predicted octanol–water partition coefficient (Wildman–Crippen LogP) is 2.94. The first kappa shape index (κ1) is 16.4. The van der Waals surface area contributed by atoms with Crippen molar-refractivity contribution < 1.29 is 18.7 Å². The highest BCUT2D eigenvalue weighted by molar-refractivity contribution is 6.31. The van der Waals surface area contributed by atoms with Crippen LogP contribution in [0.4, 0.5) is 4.39 Å². The van der Waals surface area contributed by atoms with Crippen LogP contribution in [0.2, 0.25) is 5.02 Å². The third-order valence-electron chi connectivity index (χ3n) is 2.97. The fraction of sp³-hybridized carbons (Fsp3) is 0.429. The number of methoxy groups -OCH3 is 1. The highest BCUT2D eigenvalue weighted by atomic mass is 35.5. The van der Waals surface area contributed by atoms with Gasteiger partial charge in [-0.05, 0) is 25.5 Å². The third kappa shape index (κ3) is 3.48. The molecule has 0 bridgehead atoms. The largest absolute Gasteiger partial charge is 0.467 e. The fourth-order valence-electron chi connectivity index (χ4n) is 1.94. The van der Waals surface area contributed by atoms with Crippen molar-refractivity contribution in [2.24, 2.45) is 0 Å². The minimum atomic E-state index is -1.20. The second-order valence-corrected chi connectivity index (χ2v) is 5.04. The van der Waals surface area contributed by atoms with E-state index in [4.69, 9.17) is 11.6 Å². The van der Waals surface area contributed by atoms with E-state index in [9.17, 15) is 14.0 Å². The van der Waals surface area contributed by atoms with Crippen molar-refractivity contribution in [1.82, 2.24) is 5.32 Å². The molecule has 0 aliphatic heterocycles. The van der Waals surface area contributed by atoms with Crippen LogP contribution in [0.15, 0.2) is 18.2 Å². The Bertz CT molecular complexity index is 521. The summed E-state index contributed by atoms with van der Waals surface area (Å²) in [5, 5.41) is 2.37. The highest BCUT2D eigenvalue weighted by Gasteiger charge is 2.35. The van der Waals surface area contributed by atoms with Gasteiger partial charge in [-0.25, -0.2) is 9.18 Å². The van der Waals surface area contributed by atoms with Gasteiger partial charge in [0.05, 0.1) is 17.7 Å². The van der Waals surface area contributed by atoms with E-state index < -0.39 is 23.2 Å². The van der Waals surface area contributed by atoms with Crippen LogP contribution in [0.3, 0.4) is 0 Å². The summed E-state index contributed by atoms with van der Waals surface area (Å²) in [7, 11) is 1.24. The van der Waals surface area contributed by atoms with Gasteiger partial charge in [0, 0.05) is 0 Å². The molecule has 0 saturated heterocycles. The van der Waals surface area contributed by atoms with Crippen LogP contribution in [0.25, 0.3) is 0 Å². The average Bonchev–Trinajstić information content (AvgIpc) is 2.40. The van der Waals surface area contributed by atoms with Gasteiger partial charge in [0.25, 0.3) is 5.91 Å². The number of benzene rings is 1. The maximum absolute atomic E-state index is 13.8. The Morgan fingerprint density at radius 2 is 2.10 bits per heavy atom. The van der Waals surface area contributed by atoms with Crippen LogP contribution in [0.5, 0.6) is 0 Å². The lowest BCUT2D eigenvalue weighted by atomic mass is 9.95. The Morgan fingerprint density at radius 3 is 2.65 bits per heavy atom. The summed E-state index contributed by atoms with van der Waals surface area (Å²) in [6.07, 6.45) is 1.04. The van der Waals surface area contributed by atoms with E-state index in [0.29, 0.717) is 12.8 Å². The zero-order valence-corrected chi connectivity index (χ0v) is 12.4. The normalized spacial score (nSPS) is 13.4. The molecule has 0 saturated carbocycles. The number of halogens is 2. The highest BCUT2D eigenvalue weighted by Crippen LogP contribution is 2.20. The zero-order chi connectivity index (χ0) is 15.3. The molecular weight excluding hydrogens is 285 g/mol. The number of hydrogen-bond acceptors (Lipinski definition) is 3. The average molecular weight is 302 g/mol. The van der Waals surface area contributed by atoms with Crippen molar-refractivity contribution in [3.63, 3.8) is 0 Å². The molecule has 0 aliphatic rings. The summed E-state index contributed by atoms with van der Waals surface area (Å²) >= 11 is 5.63. The van der Waals surface area contributed by atoms with Crippen LogP contribution in [-0.4, -0.2) is 24.5 Å². The minimum absolute atomic E-state index is 0.145. The van der Waals surface area contributed by atoms with Crippen LogP contribution >= 0.6 is 11.6 Å². The summed E-state index contributed by atoms with van der Waals surface area (Å²) in [5.74, 6) is -2.09. The van der Waals surface area contributed by atoms with Gasteiger partial charge >= 0.3 is 5.97 Å². The van der Waals surface area contributed by atoms with E-state index in [-0.39, 0.29) is 10.6 Å². The molecule has 1 rings (SSSR count). The molecule has 1 aromatic rings. The van der Waals surface area contributed by atoms with Crippen LogP contribution in [0.1, 0.15) is 37.0 Å². The maximum atomic E-state index is 13.8. The van der Waals surface area contributed by atoms with Crippen molar-refractivity contribution in [3.05, 3.63) is 34.6 Å². The molecule has 1 atom stereocenters. The molecule has 110 valence electrons. The van der Waals surface area contributed by atoms with Crippen molar-refractivity contribution in [2.45, 2.75) is 32.2 Å². The van der Waals surface area contributed by atoms with Gasteiger partial charge < -0.3 is 10.1 Å². The van der Waals surface area contributed by atoms with Gasteiger partial charge in [0.1, 0.15) is 5.54 Å². The molecule has 0 heterocycles. The molecule has 1 amide bonds. The molecule has 6 heteroatoms. The smallest absolute Gasteiger partial charge is 0.331 e. The quantitative estimate of drug-likeness (QED) is 0.851. The first-order chi connectivity index (χ1) is 9.35.